The third-order valence-electron chi connectivity index (χ3n) is 5.19. The molecular weight excluding hydrogens is 396 g/mol. The van der Waals surface area contributed by atoms with Crippen molar-refractivity contribution in [1.82, 2.24) is 4.98 Å². The molecule has 0 amide bonds. The molecule has 2 saturated heterocycles. The highest BCUT2D eigenvalue weighted by Gasteiger charge is 2.25. The Balaban J connectivity index is 1.60. The Morgan fingerprint density at radius 3 is 2.15 bits per heavy atom. The van der Waals surface area contributed by atoms with Gasteiger partial charge in [-0.1, -0.05) is 35.2 Å². The van der Waals surface area contributed by atoms with Crippen LogP contribution in [0.1, 0.15) is 43.4 Å². The summed E-state index contributed by atoms with van der Waals surface area (Å²) in [5.74, 6) is 1.06. The standard InChI is InChI=1S/C20H25ClN4S2/c21-15-7-9-16(10-8-15)22-19(26)17-18(24-11-3-1-4-12-24)23-20(27-17)25-13-5-2-6-14-25/h7-10H,1-6,11-14H2,(H,22,26). The molecule has 2 aromatic rings. The summed E-state index contributed by atoms with van der Waals surface area (Å²) < 4.78 is 0. The molecular formula is C20H25ClN4S2. The molecule has 2 aliphatic rings. The third kappa shape index (κ3) is 4.55. The predicted octanol–water partition coefficient (Wildman–Crippen LogP) is 5.56. The molecule has 0 spiro atoms. The van der Waals surface area contributed by atoms with E-state index in [1.54, 1.807) is 11.3 Å². The molecule has 2 fully saturated rings. The van der Waals surface area contributed by atoms with Gasteiger partial charge in [0.25, 0.3) is 0 Å². The topological polar surface area (TPSA) is 31.4 Å². The Morgan fingerprint density at radius 1 is 0.926 bits per heavy atom. The Hall–Kier alpha value is -1.37. The summed E-state index contributed by atoms with van der Waals surface area (Å²) in [7, 11) is 0. The number of halogens is 1. The van der Waals surface area contributed by atoms with E-state index in [-0.39, 0.29) is 0 Å². The molecule has 0 bridgehead atoms. The van der Waals surface area contributed by atoms with Crippen LogP contribution in [-0.2, 0) is 0 Å². The molecule has 1 aromatic carbocycles. The first-order valence-electron chi connectivity index (χ1n) is 9.78. The van der Waals surface area contributed by atoms with Gasteiger partial charge < -0.3 is 15.1 Å². The predicted molar refractivity (Wildman–Crippen MR) is 121 cm³/mol. The molecule has 0 saturated carbocycles. The Bertz CT molecular complexity index is 778. The SMILES string of the molecule is S=C(Nc1ccc(Cl)cc1)c1sc(N2CCCCC2)nc1N1CCCCC1. The van der Waals surface area contributed by atoms with Gasteiger partial charge in [-0.3, -0.25) is 0 Å². The van der Waals surface area contributed by atoms with E-state index < -0.39 is 0 Å². The van der Waals surface area contributed by atoms with E-state index >= 15 is 0 Å². The van der Waals surface area contributed by atoms with Gasteiger partial charge in [0.2, 0.25) is 0 Å². The fourth-order valence-electron chi connectivity index (χ4n) is 3.71. The second-order valence-electron chi connectivity index (χ2n) is 7.21. The summed E-state index contributed by atoms with van der Waals surface area (Å²) in [4.78, 5) is 11.7. The monoisotopic (exact) mass is 420 g/mol. The number of aromatic nitrogens is 1. The maximum atomic E-state index is 6.00. The average Bonchev–Trinajstić information content (AvgIpc) is 3.17. The van der Waals surface area contributed by atoms with Gasteiger partial charge in [0, 0.05) is 36.9 Å². The Morgan fingerprint density at radius 2 is 1.52 bits per heavy atom. The molecule has 0 unspecified atom stereocenters. The molecule has 0 aliphatic carbocycles. The molecule has 0 atom stereocenters. The van der Waals surface area contributed by atoms with Crippen LogP contribution in [0.5, 0.6) is 0 Å². The lowest BCUT2D eigenvalue weighted by Crippen LogP contribution is -2.32. The largest absolute Gasteiger partial charge is 0.355 e. The maximum absolute atomic E-state index is 6.00. The highest BCUT2D eigenvalue weighted by atomic mass is 35.5. The molecule has 144 valence electrons. The summed E-state index contributed by atoms with van der Waals surface area (Å²) in [6.07, 6.45) is 7.59. The summed E-state index contributed by atoms with van der Waals surface area (Å²) in [5.41, 5.74) is 0.960. The number of piperidine rings is 2. The van der Waals surface area contributed by atoms with E-state index in [1.807, 2.05) is 24.3 Å². The number of hydrogen-bond donors (Lipinski definition) is 1. The van der Waals surface area contributed by atoms with Gasteiger partial charge >= 0.3 is 0 Å². The van der Waals surface area contributed by atoms with E-state index in [0.29, 0.717) is 0 Å². The minimum atomic E-state index is 0.727. The minimum absolute atomic E-state index is 0.727. The summed E-state index contributed by atoms with van der Waals surface area (Å²) in [5, 5.41) is 5.22. The van der Waals surface area contributed by atoms with Crippen LogP contribution in [0.2, 0.25) is 5.02 Å². The van der Waals surface area contributed by atoms with E-state index in [9.17, 15) is 0 Å². The van der Waals surface area contributed by atoms with Crippen LogP contribution in [0.15, 0.2) is 24.3 Å². The zero-order valence-corrected chi connectivity index (χ0v) is 17.8. The van der Waals surface area contributed by atoms with Crippen LogP contribution in [0.4, 0.5) is 16.6 Å². The lowest BCUT2D eigenvalue weighted by molar-refractivity contribution is 0.568. The van der Waals surface area contributed by atoms with Crippen LogP contribution >= 0.6 is 35.2 Å². The molecule has 2 aliphatic heterocycles. The van der Waals surface area contributed by atoms with Crippen molar-refractivity contribution >= 4 is 56.8 Å². The van der Waals surface area contributed by atoms with E-state index in [0.717, 1.165) is 57.7 Å². The van der Waals surface area contributed by atoms with Crippen molar-refractivity contribution in [3.63, 3.8) is 0 Å². The smallest absolute Gasteiger partial charge is 0.188 e. The van der Waals surface area contributed by atoms with Crippen LogP contribution in [0, 0.1) is 0 Å². The molecule has 0 radical (unpaired) electrons. The molecule has 7 heteroatoms. The van der Waals surface area contributed by atoms with Crippen molar-refractivity contribution < 1.29 is 0 Å². The van der Waals surface area contributed by atoms with E-state index in [4.69, 9.17) is 28.8 Å². The van der Waals surface area contributed by atoms with Crippen LogP contribution < -0.4 is 15.1 Å². The zero-order chi connectivity index (χ0) is 18.6. The average molecular weight is 421 g/mol. The highest BCUT2D eigenvalue weighted by molar-refractivity contribution is 7.81. The van der Waals surface area contributed by atoms with Gasteiger partial charge in [-0.2, -0.15) is 0 Å². The van der Waals surface area contributed by atoms with Crippen LogP contribution in [-0.4, -0.2) is 36.2 Å². The number of nitrogens with zero attached hydrogens (tertiary/aromatic N) is 3. The van der Waals surface area contributed by atoms with Crippen molar-refractivity contribution in [3.05, 3.63) is 34.2 Å². The second kappa shape index (κ2) is 8.76. The lowest BCUT2D eigenvalue weighted by Gasteiger charge is -2.28. The Kier molecular flexibility index (Phi) is 6.15. The minimum Gasteiger partial charge on any atom is -0.355 e. The summed E-state index contributed by atoms with van der Waals surface area (Å²) in [6, 6.07) is 7.68. The van der Waals surface area contributed by atoms with E-state index in [1.165, 1.54) is 38.5 Å². The number of rotatable bonds is 4. The summed E-state index contributed by atoms with van der Waals surface area (Å²) >= 11 is 13.5. The second-order valence-corrected chi connectivity index (χ2v) is 9.03. The fourth-order valence-corrected chi connectivity index (χ4v) is 5.21. The van der Waals surface area contributed by atoms with Gasteiger partial charge in [-0.15, -0.1) is 0 Å². The van der Waals surface area contributed by atoms with Gasteiger partial charge in [-0.25, -0.2) is 4.98 Å². The van der Waals surface area contributed by atoms with Crippen LogP contribution in [0.3, 0.4) is 0 Å². The van der Waals surface area contributed by atoms with Gasteiger partial charge in [0.1, 0.15) is 9.87 Å². The molecule has 1 N–H and O–H groups in total. The molecule has 27 heavy (non-hydrogen) atoms. The van der Waals surface area contributed by atoms with Gasteiger partial charge in [0.15, 0.2) is 10.9 Å². The number of thiazole rings is 1. The van der Waals surface area contributed by atoms with Gasteiger partial charge in [0.05, 0.1) is 0 Å². The normalized spacial score (nSPS) is 17.8. The van der Waals surface area contributed by atoms with Crippen molar-refractivity contribution in [2.75, 3.05) is 41.3 Å². The van der Waals surface area contributed by atoms with Crippen molar-refractivity contribution in [3.8, 4) is 0 Å². The zero-order valence-electron chi connectivity index (χ0n) is 15.4. The van der Waals surface area contributed by atoms with Crippen LogP contribution in [0.25, 0.3) is 0 Å². The number of thiocarbonyl (C=S) groups is 1. The lowest BCUT2D eigenvalue weighted by atomic mass is 10.1. The molecule has 3 heterocycles. The van der Waals surface area contributed by atoms with Crippen molar-refractivity contribution in [2.24, 2.45) is 0 Å². The van der Waals surface area contributed by atoms with Crippen molar-refractivity contribution in [1.29, 1.82) is 0 Å². The number of nitrogens with one attached hydrogen (secondary N) is 1. The maximum Gasteiger partial charge on any atom is 0.188 e. The highest BCUT2D eigenvalue weighted by Crippen LogP contribution is 2.35. The molecule has 4 rings (SSSR count). The number of hydrogen-bond acceptors (Lipinski definition) is 5. The third-order valence-corrected chi connectivity index (χ3v) is 7.00. The molecule has 1 aromatic heterocycles. The Labute approximate surface area is 175 Å². The first-order chi connectivity index (χ1) is 13.2. The van der Waals surface area contributed by atoms with E-state index in [2.05, 4.69) is 15.1 Å². The first kappa shape index (κ1) is 19.0. The molecule has 4 nitrogen and oxygen atoms in total. The van der Waals surface area contributed by atoms with Gasteiger partial charge in [-0.05, 0) is 62.8 Å². The quantitative estimate of drug-likeness (QED) is 0.654. The fraction of sp³-hybridized carbons (Fsp3) is 0.500. The van der Waals surface area contributed by atoms with Crippen molar-refractivity contribution in [2.45, 2.75) is 38.5 Å². The number of anilines is 3. The number of benzene rings is 1. The first-order valence-corrected chi connectivity index (χ1v) is 11.4. The summed E-state index contributed by atoms with van der Waals surface area (Å²) in [6.45, 7) is 4.34.